The topological polar surface area (TPSA) is 96.6 Å². The van der Waals surface area contributed by atoms with Gasteiger partial charge in [-0.15, -0.1) is 0 Å². The van der Waals surface area contributed by atoms with Gasteiger partial charge in [-0.25, -0.2) is 4.98 Å². The number of likely N-dealkylation sites (N-methyl/N-ethyl adjacent to an activating group) is 1. The van der Waals surface area contributed by atoms with Crippen LogP contribution in [0.3, 0.4) is 0 Å². The molecule has 1 N–H and O–H groups in total. The van der Waals surface area contributed by atoms with E-state index in [0.29, 0.717) is 45.7 Å². The minimum absolute atomic E-state index is 0.0206. The van der Waals surface area contributed by atoms with Crippen molar-refractivity contribution in [2.24, 2.45) is 0 Å². The number of fused-ring (bicyclic) bond motifs is 3. The largest absolute Gasteiger partial charge is 0.503 e. The van der Waals surface area contributed by atoms with Crippen LogP contribution in [0.15, 0.2) is 53.8 Å². The Morgan fingerprint density at radius 2 is 1.89 bits per heavy atom. The van der Waals surface area contributed by atoms with Gasteiger partial charge < -0.3 is 24.4 Å². The molecule has 0 saturated carbocycles. The van der Waals surface area contributed by atoms with E-state index in [-0.39, 0.29) is 5.57 Å². The van der Waals surface area contributed by atoms with Crippen LogP contribution in [-0.4, -0.2) is 77.4 Å². The predicted molar refractivity (Wildman–Crippen MR) is 142 cm³/mol. The molecule has 0 aliphatic carbocycles. The van der Waals surface area contributed by atoms with E-state index < -0.39 is 23.5 Å². The van der Waals surface area contributed by atoms with Crippen LogP contribution in [-0.2, 0) is 4.79 Å². The molecule has 1 amide bonds. The molecule has 2 aromatic heterocycles. The van der Waals surface area contributed by atoms with E-state index in [1.165, 1.54) is 30.5 Å². The Morgan fingerprint density at radius 3 is 2.59 bits per heavy atom. The van der Waals surface area contributed by atoms with Gasteiger partial charge in [0.25, 0.3) is 5.91 Å². The van der Waals surface area contributed by atoms with Gasteiger partial charge in [0.2, 0.25) is 5.78 Å². The second kappa shape index (κ2) is 9.53. The molecule has 37 heavy (non-hydrogen) atoms. The zero-order valence-corrected chi connectivity index (χ0v) is 22.1. The maximum atomic E-state index is 14.1. The molecule has 2 aromatic carbocycles. The highest BCUT2D eigenvalue weighted by molar-refractivity contribution is 7.19. The number of aromatic nitrogens is 2. The van der Waals surface area contributed by atoms with Gasteiger partial charge >= 0.3 is 0 Å². The number of para-hydroxylation sites is 3. The quantitative estimate of drug-likeness (QED) is 0.351. The summed E-state index contributed by atoms with van der Waals surface area (Å²) in [5.41, 5.74) is 3.01. The second-order valence-corrected chi connectivity index (χ2v) is 10.1. The lowest BCUT2D eigenvalue weighted by Crippen LogP contribution is -2.36. The molecule has 3 heterocycles. The number of carbonyl (C=O) groups is 2. The van der Waals surface area contributed by atoms with Crippen molar-refractivity contribution in [1.82, 2.24) is 19.2 Å². The highest BCUT2D eigenvalue weighted by Gasteiger charge is 2.46. The van der Waals surface area contributed by atoms with Crippen molar-refractivity contribution < 1.29 is 24.2 Å². The first-order valence-electron chi connectivity index (χ1n) is 11.8. The van der Waals surface area contributed by atoms with Gasteiger partial charge in [-0.05, 0) is 39.2 Å². The number of aliphatic hydroxyl groups is 1. The normalized spacial score (nSPS) is 16.0. The molecule has 9 nitrogen and oxygen atoms in total. The number of thiazole rings is 1. The molecule has 1 unspecified atom stereocenters. The van der Waals surface area contributed by atoms with Gasteiger partial charge in [-0.2, -0.15) is 0 Å². The molecule has 0 spiro atoms. The number of carbonyl (C=O) groups excluding carboxylic acids is 2. The molecule has 0 radical (unpaired) electrons. The van der Waals surface area contributed by atoms with Crippen LogP contribution < -0.4 is 9.47 Å². The first-order valence-corrected chi connectivity index (χ1v) is 12.6. The maximum absolute atomic E-state index is 14.1. The zero-order chi connectivity index (χ0) is 26.4. The van der Waals surface area contributed by atoms with Gasteiger partial charge in [0, 0.05) is 24.3 Å². The highest BCUT2D eigenvalue weighted by atomic mass is 32.1. The van der Waals surface area contributed by atoms with E-state index >= 15 is 0 Å². The second-order valence-electron chi connectivity index (χ2n) is 9.11. The van der Waals surface area contributed by atoms with Crippen molar-refractivity contribution in [1.29, 1.82) is 0 Å². The Bertz CT molecular complexity index is 1570. The van der Waals surface area contributed by atoms with Crippen molar-refractivity contribution in [2.45, 2.75) is 13.0 Å². The summed E-state index contributed by atoms with van der Waals surface area (Å²) >= 11 is 1.25. The summed E-state index contributed by atoms with van der Waals surface area (Å²) in [5, 5.41) is 11.1. The fourth-order valence-electron chi connectivity index (χ4n) is 4.87. The van der Waals surface area contributed by atoms with Crippen molar-refractivity contribution >= 4 is 39.0 Å². The zero-order valence-electron chi connectivity index (χ0n) is 21.3. The first-order chi connectivity index (χ1) is 17.8. The van der Waals surface area contributed by atoms with Crippen LogP contribution in [0.1, 0.15) is 27.0 Å². The summed E-state index contributed by atoms with van der Waals surface area (Å²) in [5.74, 6) is -0.680. The van der Waals surface area contributed by atoms with Crippen molar-refractivity contribution in [3.05, 3.63) is 69.9 Å². The third kappa shape index (κ3) is 3.93. The number of methoxy groups -OCH3 is 2. The number of ether oxygens (including phenoxy) is 2. The summed E-state index contributed by atoms with van der Waals surface area (Å²) in [4.78, 5) is 36.7. The highest BCUT2D eigenvalue weighted by Crippen LogP contribution is 2.46. The molecule has 5 rings (SSSR count). The molecular weight excluding hydrogens is 492 g/mol. The number of rotatable bonds is 8. The SMILES string of the molecule is COc1cccc(C2C(C(=O)c3sc4nc5ccccc5n4c3C)=C(O)C(=O)N2CCN(C)C)c1OC. The van der Waals surface area contributed by atoms with Gasteiger partial charge in [-0.3, -0.25) is 14.0 Å². The molecule has 0 bridgehead atoms. The summed E-state index contributed by atoms with van der Waals surface area (Å²) in [6.45, 7) is 2.69. The van der Waals surface area contributed by atoms with Crippen molar-refractivity contribution in [2.75, 3.05) is 41.4 Å². The van der Waals surface area contributed by atoms with Crippen LogP contribution in [0, 0.1) is 6.92 Å². The molecule has 1 atom stereocenters. The molecule has 10 heteroatoms. The number of ketones is 1. The van der Waals surface area contributed by atoms with Crippen molar-refractivity contribution in [3.8, 4) is 11.5 Å². The third-order valence-electron chi connectivity index (χ3n) is 6.66. The molecule has 0 fully saturated rings. The van der Waals surface area contributed by atoms with E-state index in [1.807, 2.05) is 54.6 Å². The monoisotopic (exact) mass is 520 g/mol. The number of aliphatic hydroxyl groups excluding tert-OH is 1. The minimum Gasteiger partial charge on any atom is -0.503 e. The van der Waals surface area contributed by atoms with E-state index in [0.717, 1.165) is 11.0 Å². The van der Waals surface area contributed by atoms with Crippen LogP contribution >= 0.6 is 11.3 Å². The Balaban J connectivity index is 1.67. The summed E-state index contributed by atoms with van der Waals surface area (Å²) < 4.78 is 13.1. The number of amides is 1. The summed E-state index contributed by atoms with van der Waals surface area (Å²) in [6.07, 6.45) is 0. The first kappa shape index (κ1) is 24.8. The summed E-state index contributed by atoms with van der Waals surface area (Å²) in [7, 11) is 6.84. The number of hydrogen-bond donors (Lipinski definition) is 1. The number of aryl methyl sites for hydroxylation is 1. The van der Waals surface area contributed by atoms with Crippen LogP contribution in [0.4, 0.5) is 0 Å². The molecule has 1 aliphatic heterocycles. The van der Waals surface area contributed by atoms with Gasteiger partial charge in [0.1, 0.15) is 0 Å². The van der Waals surface area contributed by atoms with Crippen LogP contribution in [0.2, 0.25) is 0 Å². The number of benzene rings is 2. The molecule has 0 saturated heterocycles. The van der Waals surface area contributed by atoms with Crippen LogP contribution in [0.25, 0.3) is 16.0 Å². The average Bonchev–Trinajstić information content (AvgIpc) is 3.50. The lowest BCUT2D eigenvalue weighted by atomic mass is 9.94. The van der Waals surface area contributed by atoms with E-state index in [1.54, 1.807) is 18.2 Å². The fraction of sp³-hybridized carbons (Fsp3) is 0.296. The number of imidazole rings is 1. The fourth-order valence-corrected chi connectivity index (χ4v) is 5.97. The Labute approximate surface area is 218 Å². The predicted octanol–water partition coefficient (Wildman–Crippen LogP) is 4.01. The number of nitrogens with zero attached hydrogens (tertiary/aromatic N) is 4. The molecular formula is C27H28N4O5S. The third-order valence-corrected chi connectivity index (χ3v) is 7.80. The Kier molecular flexibility index (Phi) is 6.38. The summed E-state index contributed by atoms with van der Waals surface area (Å²) in [6, 6.07) is 12.2. The molecule has 4 aromatic rings. The lowest BCUT2D eigenvalue weighted by molar-refractivity contribution is -0.129. The number of Topliss-reactive ketones (excluding diaryl/α,β-unsaturated/α-hetero) is 1. The lowest BCUT2D eigenvalue weighted by Gasteiger charge is -2.29. The van der Waals surface area contributed by atoms with Gasteiger partial charge in [0.15, 0.2) is 22.2 Å². The standard InChI is InChI=1S/C27H28N4O5S/c1-15-25(37-27-28-17-10-6-7-11-18(17)31(15)27)22(32)20-21(16-9-8-12-19(35-4)24(16)36-5)30(14-13-29(2)3)26(34)23(20)33/h6-12,21,33H,13-14H2,1-5H3. The van der Waals surface area contributed by atoms with Gasteiger partial charge in [0.05, 0.1) is 41.7 Å². The Hall–Kier alpha value is -3.89. The van der Waals surface area contributed by atoms with E-state index in [4.69, 9.17) is 9.47 Å². The van der Waals surface area contributed by atoms with Crippen molar-refractivity contribution in [3.63, 3.8) is 0 Å². The van der Waals surface area contributed by atoms with Crippen LogP contribution in [0.5, 0.6) is 11.5 Å². The van der Waals surface area contributed by atoms with E-state index in [9.17, 15) is 14.7 Å². The molecule has 192 valence electrons. The number of hydrogen-bond acceptors (Lipinski definition) is 8. The molecule has 1 aliphatic rings. The van der Waals surface area contributed by atoms with E-state index in [2.05, 4.69) is 4.98 Å². The maximum Gasteiger partial charge on any atom is 0.290 e. The average molecular weight is 521 g/mol. The van der Waals surface area contributed by atoms with Gasteiger partial charge in [-0.1, -0.05) is 35.6 Å². The Morgan fingerprint density at radius 1 is 1.14 bits per heavy atom. The smallest absolute Gasteiger partial charge is 0.290 e. The minimum atomic E-state index is -0.851.